The third kappa shape index (κ3) is 3.61. The van der Waals surface area contributed by atoms with Crippen LogP contribution in [0.25, 0.3) is 11.0 Å². The molecule has 0 fully saturated rings. The Kier molecular flexibility index (Phi) is 5.19. The number of ether oxygens (including phenoxy) is 3. The molecule has 0 amide bonds. The van der Waals surface area contributed by atoms with Crippen molar-refractivity contribution in [2.45, 2.75) is 58.8 Å². The first kappa shape index (κ1) is 19.9. The summed E-state index contributed by atoms with van der Waals surface area (Å²) in [6.07, 6.45) is -1.28. The number of hydrogen-bond acceptors (Lipinski definition) is 7. The summed E-state index contributed by atoms with van der Waals surface area (Å²) in [5, 5.41) is 0.644. The monoisotopic (exact) mass is 388 g/mol. The lowest BCUT2D eigenvalue weighted by molar-refractivity contribution is -0.192. The largest absolute Gasteiger partial charge is 0.483 e. The van der Waals surface area contributed by atoms with Crippen LogP contribution in [0.3, 0.4) is 0 Å². The molecule has 0 saturated heterocycles. The van der Waals surface area contributed by atoms with Gasteiger partial charge in [-0.15, -0.1) is 0 Å². The highest BCUT2D eigenvalue weighted by Gasteiger charge is 2.50. The molecular formula is C21H24O7. The maximum Gasteiger partial charge on any atom is 0.336 e. The highest BCUT2D eigenvalue weighted by atomic mass is 16.6. The Bertz CT molecular complexity index is 972. The Morgan fingerprint density at radius 2 is 1.86 bits per heavy atom. The zero-order valence-electron chi connectivity index (χ0n) is 16.6. The number of carbonyl (C=O) groups excluding carboxylic acids is 2. The normalized spacial score (nSPS) is 21.3. The summed E-state index contributed by atoms with van der Waals surface area (Å²) in [5.74, 6) is -0.866. The van der Waals surface area contributed by atoms with Crippen molar-refractivity contribution in [1.29, 1.82) is 0 Å². The molecule has 0 saturated carbocycles. The Morgan fingerprint density at radius 1 is 1.18 bits per heavy atom. The van der Waals surface area contributed by atoms with Crippen molar-refractivity contribution in [3.8, 4) is 5.75 Å². The van der Waals surface area contributed by atoms with Gasteiger partial charge in [0, 0.05) is 18.4 Å². The fourth-order valence-electron chi connectivity index (χ4n) is 3.26. The van der Waals surface area contributed by atoms with Crippen LogP contribution >= 0.6 is 0 Å². The molecule has 1 aliphatic heterocycles. The van der Waals surface area contributed by atoms with Gasteiger partial charge < -0.3 is 18.6 Å². The van der Waals surface area contributed by atoms with E-state index in [0.717, 1.165) is 0 Å². The molecule has 7 nitrogen and oxygen atoms in total. The third-order valence-corrected chi connectivity index (χ3v) is 4.96. The van der Waals surface area contributed by atoms with Crippen molar-refractivity contribution >= 4 is 22.9 Å². The Hall–Kier alpha value is -2.83. The number of fused-ring (bicyclic) bond motifs is 3. The fraction of sp³-hybridized carbons (Fsp3) is 0.476. The molecule has 1 aliphatic rings. The van der Waals surface area contributed by atoms with E-state index in [4.69, 9.17) is 18.6 Å². The van der Waals surface area contributed by atoms with Crippen LogP contribution in [0.15, 0.2) is 33.5 Å². The molecule has 1 aromatic heterocycles. The first-order chi connectivity index (χ1) is 13.1. The number of hydrogen-bond donors (Lipinski definition) is 0. The third-order valence-electron chi connectivity index (χ3n) is 4.96. The van der Waals surface area contributed by atoms with Gasteiger partial charge in [0.05, 0.1) is 11.5 Å². The molecule has 0 aliphatic carbocycles. The molecule has 3 rings (SSSR count). The molecule has 2 aromatic rings. The predicted molar refractivity (Wildman–Crippen MR) is 101 cm³/mol. The quantitative estimate of drug-likeness (QED) is 0.584. The molecule has 1 aromatic carbocycles. The lowest BCUT2D eigenvalue weighted by Gasteiger charge is -2.43. The van der Waals surface area contributed by atoms with Crippen LogP contribution in [0, 0.1) is 5.92 Å². The van der Waals surface area contributed by atoms with Crippen LogP contribution in [-0.4, -0.2) is 23.6 Å². The summed E-state index contributed by atoms with van der Waals surface area (Å²) in [6, 6.07) is 6.40. The summed E-state index contributed by atoms with van der Waals surface area (Å²) in [6.45, 7) is 8.44. The summed E-state index contributed by atoms with van der Waals surface area (Å²) >= 11 is 0. The van der Waals surface area contributed by atoms with Crippen LogP contribution in [-0.2, 0) is 19.1 Å². The van der Waals surface area contributed by atoms with E-state index in [1.807, 2.05) is 6.92 Å². The smallest absolute Gasteiger partial charge is 0.336 e. The van der Waals surface area contributed by atoms with Crippen LogP contribution in [0.5, 0.6) is 5.75 Å². The molecule has 2 heterocycles. The first-order valence-electron chi connectivity index (χ1n) is 9.27. The van der Waals surface area contributed by atoms with E-state index >= 15 is 0 Å². The van der Waals surface area contributed by atoms with Crippen LogP contribution in [0.4, 0.5) is 0 Å². The molecule has 0 radical (unpaired) electrons. The average Bonchev–Trinajstić information content (AvgIpc) is 2.62. The van der Waals surface area contributed by atoms with Gasteiger partial charge in [-0.05, 0) is 38.5 Å². The first-order valence-corrected chi connectivity index (χ1v) is 9.27. The lowest BCUT2D eigenvalue weighted by Crippen LogP contribution is -2.52. The van der Waals surface area contributed by atoms with E-state index < -0.39 is 35.4 Å². The van der Waals surface area contributed by atoms with Crippen molar-refractivity contribution in [1.82, 2.24) is 0 Å². The SMILES string of the molecule is CC[C@@H](C)C(=O)O[C@H]1[C@@H](OC(C)=O)c2c(ccc3ccc(=O)oc23)OC1(C)C. The van der Waals surface area contributed by atoms with E-state index in [1.165, 1.54) is 13.0 Å². The Morgan fingerprint density at radius 3 is 2.50 bits per heavy atom. The van der Waals surface area contributed by atoms with Crippen molar-refractivity contribution in [2.75, 3.05) is 0 Å². The number of esters is 2. The highest BCUT2D eigenvalue weighted by molar-refractivity contribution is 5.83. The molecule has 0 unspecified atom stereocenters. The molecule has 0 bridgehead atoms. The van der Waals surface area contributed by atoms with Gasteiger partial charge in [0.25, 0.3) is 0 Å². The van der Waals surface area contributed by atoms with Gasteiger partial charge in [-0.25, -0.2) is 4.79 Å². The van der Waals surface area contributed by atoms with Gasteiger partial charge >= 0.3 is 17.6 Å². The van der Waals surface area contributed by atoms with E-state index in [0.29, 0.717) is 23.1 Å². The van der Waals surface area contributed by atoms with Gasteiger partial charge in [0.1, 0.15) is 16.9 Å². The van der Waals surface area contributed by atoms with Gasteiger partial charge in [0.2, 0.25) is 0 Å². The number of benzene rings is 1. The van der Waals surface area contributed by atoms with Crippen molar-refractivity contribution in [2.24, 2.45) is 5.92 Å². The van der Waals surface area contributed by atoms with E-state index in [2.05, 4.69) is 0 Å². The molecule has 0 spiro atoms. The van der Waals surface area contributed by atoms with Crippen molar-refractivity contribution in [3.05, 3.63) is 40.2 Å². The van der Waals surface area contributed by atoms with Crippen LogP contribution in [0.2, 0.25) is 0 Å². The second-order valence-corrected chi connectivity index (χ2v) is 7.55. The molecule has 150 valence electrons. The molecule has 3 atom stereocenters. The van der Waals surface area contributed by atoms with Gasteiger partial charge in [0.15, 0.2) is 12.2 Å². The molecule has 28 heavy (non-hydrogen) atoms. The predicted octanol–water partition coefficient (Wildman–Crippen LogP) is 3.53. The van der Waals surface area contributed by atoms with Gasteiger partial charge in [-0.2, -0.15) is 0 Å². The maximum absolute atomic E-state index is 12.5. The molecule has 0 N–H and O–H groups in total. The molecular weight excluding hydrogens is 364 g/mol. The summed E-state index contributed by atoms with van der Waals surface area (Å²) in [4.78, 5) is 36.2. The zero-order chi connectivity index (χ0) is 20.6. The Labute approximate surface area is 162 Å². The summed E-state index contributed by atoms with van der Waals surface area (Å²) < 4.78 is 22.8. The minimum atomic E-state index is -0.974. The number of carbonyl (C=O) groups is 2. The average molecular weight is 388 g/mol. The minimum absolute atomic E-state index is 0.247. The summed E-state index contributed by atoms with van der Waals surface area (Å²) in [7, 11) is 0. The van der Waals surface area contributed by atoms with E-state index in [9.17, 15) is 14.4 Å². The fourth-order valence-corrected chi connectivity index (χ4v) is 3.26. The topological polar surface area (TPSA) is 92.0 Å². The summed E-state index contributed by atoms with van der Waals surface area (Å²) in [5.41, 5.74) is -0.887. The van der Waals surface area contributed by atoms with Crippen LogP contribution < -0.4 is 10.4 Å². The molecule has 7 heteroatoms. The standard InChI is InChI=1S/C21H24O7/c1-6-11(2)20(24)27-19-18(25-12(3)22)16-14(28-21(19,4)5)9-7-13-8-10-15(23)26-17(13)16/h7-11,18-19H,6H2,1-5H3/t11-,18+,19+/m1/s1. The lowest BCUT2D eigenvalue weighted by atomic mass is 9.87. The van der Waals surface area contributed by atoms with Crippen molar-refractivity contribution < 1.29 is 28.2 Å². The zero-order valence-corrected chi connectivity index (χ0v) is 16.6. The van der Waals surface area contributed by atoms with E-state index in [-0.39, 0.29) is 11.5 Å². The van der Waals surface area contributed by atoms with Gasteiger partial charge in [-0.1, -0.05) is 13.8 Å². The van der Waals surface area contributed by atoms with Gasteiger partial charge in [-0.3, -0.25) is 9.59 Å². The second kappa shape index (κ2) is 7.30. The number of rotatable bonds is 4. The second-order valence-electron chi connectivity index (χ2n) is 7.55. The highest BCUT2D eigenvalue weighted by Crippen LogP contribution is 2.46. The Balaban J connectivity index is 2.19. The van der Waals surface area contributed by atoms with Crippen LogP contribution in [0.1, 0.15) is 52.7 Å². The maximum atomic E-state index is 12.5. The van der Waals surface area contributed by atoms with Crippen molar-refractivity contribution in [3.63, 3.8) is 0 Å². The minimum Gasteiger partial charge on any atom is -0.483 e. The van der Waals surface area contributed by atoms with E-state index in [1.54, 1.807) is 39.0 Å².